The van der Waals surface area contributed by atoms with Crippen LogP contribution in [0, 0.1) is 5.92 Å². The van der Waals surface area contributed by atoms with Crippen molar-refractivity contribution in [3.8, 4) is 0 Å². The molecule has 1 N–H and O–H groups in total. The third-order valence-corrected chi connectivity index (χ3v) is 4.16. The standard InChI is InChI=1S/C14H24N4O2/c1-3-6-18-13(15-10-16-18)9-17-7-5-11(4-2)8-12(17)14(19)20/h10-12H,3-9H2,1-2H3,(H,19,20). The number of hydrogen-bond acceptors (Lipinski definition) is 4. The molecule has 0 bridgehead atoms. The minimum atomic E-state index is -0.718. The van der Waals surface area contributed by atoms with Crippen LogP contribution < -0.4 is 0 Å². The van der Waals surface area contributed by atoms with Crippen LogP contribution in [0.5, 0.6) is 0 Å². The van der Waals surface area contributed by atoms with Gasteiger partial charge in [0.15, 0.2) is 0 Å². The summed E-state index contributed by atoms with van der Waals surface area (Å²) in [6, 6.07) is -0.388. The molecule has 1 aliphatic rings. The summed E-state index contributed by atoms with van der Waals surface area (Å²) < 4.78 is 1.88. The monoisotopic (exact) mass is 280 g/mol. The molecule has 0 aliphatic carbocycles. The Bertz CT molecular complexity index is 446. The Morgan fingerprint density at radius 2 is 2.30 bits per heavy atom. The molecule has 6 nitrogen and oxygen atoms in total. The fraction of sp³-hybridized carbons (Fsp3) is 0.786. The second kappa shape index (κ2) is 6.83. The number of piperidine rings is 1. The van der Waals surface area contributed by atoms with E-state index >= 15 is 0 Å². The first kappa shape index (κ1) is 15.0. The number of carboxylic acids is 1. The van der Waals surface area contributed by atoms with E-state index in [1.54, 1.807) is 6.33 Å². The van der Waals surface area contributed by atoms with Gasteiger partial charge in [-0.25, -0.2) is 9.67 Å². The predicted molar refractivity (Wildman–Crippen MR) is 75.2 cm³/mol. The summed E-state index contributed by atoms with van der Waals surface area (Å²) in [4.78, 5) is 17.8. The van der Waals surface area contributed by atoms with Crippen molar-refractivity contribution in [1.82, 2.24) is 19.7 Å². The quantitative estimate of drug-likeness (QED) is 0.859. The van der Waals surface area contributed by atoms with Crippen LogP contribution >= 0.6 is 0 Å². The Kier molecular flexibility index (Phi) is 5.11. The normalized spacial score (nSPS) is 23.9. The molecule has 2 atom stereocenters. The number of rotatable bonds is 6. The second-order valence-electron chi connectivity index (χ2n) is 5.52. The van der Waals surface area contributed by atoms with Crippen LogP contribution in [0.1, 0.15) is 45.4 Å². The molecule has 1 saturated heterocycles. The zero-order chi connectivity index (χ0) is 14.5. The van der Waals surface area contributed by atoms with Crippen molar-refractivity contribution in [3.05, 3.63) is 12.2 Å². The minimum absolute atomic E-state index is 0.388. The molecule has 0 spiro atoms. The van der Waals surface area contributed by atoms with Crippen molar-refractivity contribution in [2.75, 3.05) is 6.54 Å². The van der Waals surface area contributed by atoms with Crippen molar-refractivity contribution in [3.63, 3.8) is 0 Å². The van der Waals surface area contributed by atoms with Crippen molar-refractivity contribution in [2.45, 2.75) is 58.7 Å². The van der Waals surface area contributed by atoms with Crippen LogP contribution in [0.3, 0.4) is 0 Å². The van der Waals surface area contributed by atoms with Gasteiger partial charge in [-0.15, -0.1) is 0 Å². The van der Waals surface area contributed by atoms with Crippen molar-refractivity contribution in [2.24, 2.45) is 5.92 Å². The fourth-order valence-corrected chi connectivity index (χ4v) is 2.89. The van der Waals surface area contributed by atoms with Gasteiger partial charge in [-0.1, -0.05) is 20.3 Å². The van der Waals surface area contributed by atoms with Gasteiger partial charge in [-0.3, -0.25) is 9.69 Å². The first-order valence-corrected chi connectivity index (χ1v) is 7.49. The highest BCUT2D eigenvalue weighted by Gasteiger charge is 2.33. The molecular weight excluding hydrogens is 256 g/mol. The van der Waals surface area contributed by atoms with E-state index in [0.29, 0.717) is 12.5 Å². The average Bonchev–Trinajstić information content (AvgIpc) is 2.87. The third-order valence-electron chi connectivity index (χ3n) is 4.16. The lowest BCUT2D eigenvalue weighted by molar-refractivity contribution is -0.145. The molecule has 0 amide bonds. The minimum Gasteiger partial charge on any atom is -0.480 e. The molecule has 0 aromatic carbocycles. The fourth-order valence-electron chi connectivity index (χ4n) is 2.89. The molecule has 1 fully saturated rings. The van der Waals surface area contributed by atoms with E-state index in [9.17, 15) is 9.90 Å². The number of likely N-dealkylation sites (tertiary alicyclic amines) is 1. The van der Waals surface area contributed by atoms with Gasteiger partial charge in [0.05, 0.1) is 6.54 Å². The lowest BCUT2D eigenvalue weighted by Gasteiger charge is -2.36. The number of aryl methyl sites for hydroxylation is 1. The summed E-state index contributed by atoms with van der Waals surface area (Å²) in [7, 11) is 0. The van der Waals surface area contributed by atoms with Crippen molar-refractivity contribution in [1.29, 1.82) is 0 Å². The van der Waals surface area contributed by atoms with Crippen molar-refractivity contribution >= 4 is 5.97 Å². The zero-order valence-electron chi connectivity index (χ0n) is 12.3. The average molecular weight is 280 g/mol. The topological polar surface area (TPSA) is 71.2 Å². The van der Waals surface area contributed by atoms with E-state index in [1.807, 2.05) is 9.58 Å². The first-order chi connectivity index (χ1) is 9.65. The highest BCUT2D eigenvalue weighted by molar-refractivity contribution is 5.73. The van der Waals surface area contributed by atoms with Gasteiger partial charge in [0.1, 0.15) is 18.2 Å². The lowest BCUT2D eigenvalue weighted by atomic mass is 9.89. The number of carboxylic acid groups (broad SMARTS) is 1. The maximum absolute atomic E-state index is 11.5. The number of aliphatic carboxylic acids is 1. The Morgan fingerprint density at radius 3 is 2.95 bits per heavy atom. The van der Waals surface area contributed by atoms with Crippen LogP contribution in [-0.2, 0) is 17.9 Å². The summed E-state index contributed by atoms with van der Waals surface area (Å²) in [6.07, 6.45) is 5.43. The molecule has 0 radical (unpaired) electrons. The summed E-state index contributed by atoms with van der Waals surface area (Å²) in [5.74, 6) is 0.679. The third kappa shape index (κ3) is 3.36. The maximum atomic E-state index is 11.5. The first-order valence-electron chi connectivity index (χ1n) is 7.49. The summed E-state index contributed by atoms with van der Waals surface area (Å²) in [5.41, 5.74) is 0. The lowest BCUT2D eigenvalue weighted by Crippen LogP contribution is -2.47. The van der Waals surface area contributed by atoms with Crippen LogP contribution in [0.2, 0.25) is 0 Å². The largest absolute Gasteiger partial charge is 0.480 e. The SMILES string of the molecule is CCCn1ncnc1CN1CCC(CC)CC1C(=O)O. The van der Waals surface area contributed by atoms with Crippen molar-refractivity contribution < 1.29 is 9.90 Å². The van der Waals surface area contributed by atoms with Gasteiger partial charge in [0, 0.05) is 6.54 Å². The number of hydrogen-bond donors (Lipinski definition) is 1. The summed E-state index contributed by atoms with van der Waals surface area (Å²) >= 11 is 0. The Balaban J connectivity index is 2.06. The molecule has 2 unspecified atom stereocenters. The maximum Gasteiger partial charge on any atom is 0.320 e. The highest BCUT2D eigenvalue weighted by atomic mass is 16.4. The van der Waals surface area contributed by atoms with Crippen LogP contribution in [0.15, 0.2) is 6.33 Å². The Labute approximate surface area is 119 Å². The molecule has 1 aromatic rings. The number of carbonyl (C=O) groups is 1. The molecule has 2 rings (SSSR count). The van der Waals surface area contributed by atoms with E-state index in [0.717, 1.165) is 44.6 Å². The molecule has 6 heteroatoms. The van der Waals surface area contributed by atoms with E-state index < -0.39 is 5.97 Å². The van der Waals surface area contributed by atoms with Gasteiger partial charge in [-0.2, -0.15) is 5.10 Å². The highest BCUT2D eigenvalue weighted by Crippen LogP contribution is 2.26. The Morgan fingerprint density at radius 1 is 1.50 bits per heavy atom. The summed E-state index contributed by atoms with van der Waals surface area (Å²) in [6.45, 7) is 6.47. The molecule has 1 aliphatic heterocycles. The van der Waals surface area contributed by atoms with E-state index in [4.69, 9.17) is 0 Å². The van der Waals surface area contributed by atoms with E-state index in [2.05, 4.69) is 23.9 Å². The van der Waals surface area contributed by atoms with Gasteiger partial charge in [0.25, 0.3) is 0 Å². The molecular formula is C14H24N4O2. The van der Waals surface area contributed by atoms with Crippen LogP contribution in [-0.4, -0.2) is 43.3 Å². The summed E-state index contributed by atoms with van der Waals surface area (Å²) in [5, 5.41) is 13.6. The van der Waals surface area contributed by atoms with Gasteiger partial charge in [-0.05, 0) is 31.7 Å². The second-order valence-corrected chi connectivity index (χ2v) is 5.52. The van der Waals surface area contributed by atoms with Crippen LogP contribution in [0.4, 0.5) is 0 Å². The smallest absolute Gasteiger partial charge is 0.320 e. The predicted octanol–water partition coefficient (Wildman–Crippen LogP) is 1.76. The number of nitrogens with zero attached hydrogens (tertiary/aromatic N) is 4. The van der Waals surface area contributed by atoms with Gasteiger partial charge in [0.2, 0.25) is 0 Å². The van der Waals surface area contributed by atoms with E-state index in [-0.39, 0.29) is 6.04 Å². The van der Waals surface area contributed by atoms with Gasteiger partial charge < -0.3 is 5.11 Å². The molecule has 2 heterocycles. The number of aromatic nitrogens is 3. The Hall–Kier alpha value is -1.43. The van der Waals surface area contributed by atoms with E-state index in [1.165, 1.54) is 0 Å². The molecule has 0 saturated carbocycles. The molecule has 1 aromatic heterocycles. The molecule has 20 heavy (non-hydrogen) atoms. The van der Waals surface area contributed by atoms with Gasteiger partial charge >= 0.3 is 5.97 Å². The zero-order valence-corrected chi connectivity index (χ0v) is 12.3. The molecule has 112 valence electrons. The van der Waals surface area contributed by atoms with Crippen LogP contribution in [0.25, 0.3) is 0 Å².